The van der Waals surface area contributed by atoms with Crippen LogP contribution in [0.5, 0.6) is 0 Å². The number of piperidine rings is 1. The van der Waals surface area contributed by atoms with E-state index in [1.54, 1.807) is 37.3 Å². The molecule has 2 aromatic carbocycles. The molecular formula is C22H26N2O5S2. The molecule has 7 nitrogen and oxygen atoms in total. The first-order valence-electron chi connectivity index (χ1n) is 10.5. The third-order valence-electron chi connectivity index (χ3n) is 5.98. The van der Waals surface area contributed by atoms with Gasteiger partial charge in [-0.25, -0.2) is 16.8 Å². The summed E-state index contributed by atoms with van der Waals surface area (Å²) in [6, 6.07) is 11.1. The molecule has 0 aromatic heterocycles. The van der Waals surface area contributed by atoms with E-state index in [-0.39, 0.29) is 21.1 Å². The van der Waals surface area contributed by atoms with Crippen molar-refractivity contribution in [1.29, 1.82) is 0 Å². The van der Waals surface area contributed by atoms with Crippen molar-refractivity contribution in [2.45, 2.75) is 42.4 Å². The van der Waals surface area contributed by atoms with Crippen LogP contribution in [-0.4, -0.2) is 52.4 Å². The minimum atomic E-state index is -3.55. The Kier molecular flexibility index (Phi) is 5.93. The zero-order valence-corrected chi connectivity index (χ0v) is 19.1. The summed E-state index contributed by atoms with van der Waals surface area (Å²) in [6.07, 6.45) is 3.30. The molecular weight excluding hydrogens is 436 g/mol. The second-order valence-electron chi connectivity index (χ2n) is 7.86. The highest BCUT2D eigenvalue weighted by Crippen LogP contribution is 2.33. The maximum absolute atomic E-state index is 13.3. The normalized spacial score (nSPS) is 17.5. The summed E-state index contributed by atoms with van der Waals surface area (Å²) in [4.78, 5) is 15.1. The smallest absolute Gasteiger partial charge is 0.259 e. The molecule has 0 bridgehead atoms. The van der Waals surface area contributed by atoms with Crippen molar-refractivity contribution in [3.05, 3.63) is 53.6 Å². The number of carbonyl (C=O) groups excluding carboxylic acids is 1. The Labute approximate surface area is 183 Å². The first-order valence-corrected chi connectivity index (χ1v) is 13.6. The number of hydrogen-bond donors (Lipinski definition) is 0. The Morgan fingerprint density at radius 3 is 2.35 bits per heavy atom. The summed E-state index contributed by atoms with van der Waals surface area (Å²) in [5, 5.41) is 0. The van der Waals surface area contributed by atoms with Crippen LogP contribution in [0.3, 0.4) is 0 Å². The molecule has 0 radical (unpaired) electrons. The molecule has 4 rings (SSSR count). The molecule has 0 N–H and O–H groups in total. The van der Waals surface area contributed by atoms with Gasteiger partial charge >= 0.3 is 0 Å². The lowest BCUT2D eigenvalue weighted by atomic mass is 10.1. The topological polar surface area (TPSA) is 91.8 Å². The van der Waals surface area contributed by atoms with E-state index in [0.717, 1.165) is 24.8 Å². The second kappa shape index (κ2) is 8.37. The highest BCUT2D eigenvalue weighted by molar-refractivity contribution is 7.91. The van der Waals surface area contributed by atoms with Gasteiger partial charge in [-0.2, -0.15) is 4.31 Å². The van der Waals surface area contributed by atoms with Crippen LogP contribution >= 0.6 is 0 Å². The molecule has 2 aliphatic rings. The van der Waals surface area contributed by atoms with Gasteiger partial charge in [0.15, 0.2) is 9.84 Å². The lowest BCUT2D eigenvalue weighted by molar-refractivity contribution is 0.0986. The summed E-state index contributed by atoms with van der Waals surface area (Å²) in [6.45, 7) is 2.99. The summed E-state index contributed by atoms with van der Waals surface area (Å²) >= 11 is 0. The van der Waals surface area contributed by atoms with E-state index in [1.807, 2.05) is 0 Å². The predicted molar refractivity (Wildman–Crippen MR) is 119 cm³/mol. The van der Waals surface area contributed by atoms with Gasteiger partial charge in [0.2, 0.25) is 10.0 Å². The molecule has 9 heteroatoms. The number of sulfonamides is 1. The predicted octanol–water partition coefficient (Wildman–Crippen LogP) is 2.86. The summed E-state index contributed by atoms with van der Waals surface area (Å²) in [5.41, 5.74) is 1.55. The molecule has 166 valence electrons. The van der Waals surface area contributed by atoms with Gasteiger partial charge in [0.1, 0.15) is 0 Å². The molecule has 0 saturated carbocycles. The first-order chi connectivity index (χ1) is 14.8. The molecule has 2 aromatic rings. The van der Waals surface area contributed by atoms with Crippen molar-refractivity contribution in [2.24, 2.45) is 0 Å². The molecule has 0 unspecified atom stereocenters. The van der Waals surface area contributed by atoms with Gasteiger partial charge in [-0.05, 0) is 55.2 Å². The van der Waals surface area contributed by atoms with Crippen molar-refractivity contribution < 1.29 is 21.6 Å². The van der Waals surface area contributed by atoms with Crippen molar-refractivity contribution in [3.8, 4) is 0 Å². The van der Waals surface area contributed by atoms with Crippen LogP contribution in [0.2, 0.25) is 0 Å². The zero-order valence-electron chi connectivity index (χ0n) is 17.5. The number of sulfone groups is 1. The standard InChI is InChI=1S/C22H26N2O5S2/c1-2-30(26,27)21-9-5-4-8-19(21)22(25)24-15-12-17-16-18(10-11-20(17)24)31(28,29)23-13-6-3-7-14-23/h4-5,8-11,16H,2-3,6-7,12-15H2,1H3. The first kappa shape index (κ1) is 22.0. The number of amides is 1. The molecule has 1 fully saturated rings. The summed E-state index contributed by atoms with van der Waals surface area (Å²) in [5.74, 6) is -0.482. The second-order valence-corrected chi connectivity index (χ2v) is 12.0. The monoisotopic (exact) mass is 462 g/mol. The summed E-state index contributed by atoms with van der Waals surface area (Å²) < 4.78 is 52.4. The highest BCUT2D eigenvalue weighted by Gasteiger charge is 2.32. The van der Waals surface area contributed by atoms with E-state index in [2.05, 4.69) is 0 Å². The Balaban J connectivity index is 1.66. The number of fused-ring (bicyclic) bond motifs is 1. The van der Waals surface area contributed by atoms with Gasteiger partial charge in [-0.1, -0.05) is 25.5 Å². The van der Waals surface area contributed by atoms with Gasteiger partial charge in [-0.15, -0.1) is 0 Å². The average Bonchev–Trinajstić information content (AvgIpc) is 3.22. The Hall–Kier alpha value is -2.23. The number of hydrogen-bond acceptors (Lipinski definition) is 5. The zero-order chi connectivity index (χ0) is 22.2. The van der Waals surface area contributed by atoms with E-state index < -0.39 is 25.8 Å². The number of benzene rings is 2. The van der Waals surface area contributed by atoms with Crippen molar-refractivity contribution in [1.82, 2.24) is 4.31 Å². The van der Waals surface area contributed by atoms with Crippen LogP contribution in [0.15, 0.2) is 52.3 Å². The molecule has 0 aliphatic carbocycles. The number of rotatable bonds is 5. The molecule has 0 atom stereocenters. The van der Waals surface area contributed by atoms with E-state index >= 15 is 0 Å². The quantitative estimate of drug-likeness (QED) is 0.681. The van der Waals surface area contributed by atoms with E-state index in [1.165, 1.54) is 21.3 Å². The van der Waals surface area contributed by atoms with Crippen molar-refractivity contribution >= 4 is 31.5 Å². The van der Waals surface area contributed by atoms with Crippen LogP contribution in [-0.2, 0) is 26.3 Å². The lowest BCUT2D eigenvalue weighted by Crippen LogP contribution is -2.35. The van der Waals surface area contributed by atoms with Gasteiger partial charge < -0.3 is 4.90 Å². The average molecular weight is 463 g/mol. The van der Waals surface area contributed by atoms with Crippen molar-refractivity contribution in [3.63, 3.8) is 0 Å². The summed E-state index contributed by atoms with van der Waals surface area (Å²) in [7, 11) is -7.10. The molecule has 1 amide bonds. The maximum Gasteiger partial charge on any atom is 0.259 e. The van der Waals surface area contributed by atoms with E-state index in [0.29, 0.717) is 31.7 Å². The largest absolute Gasteiger partial charge is 0.308 e. The fourth-order valence-electron chi connectivity index (χ4n) is 4.22. The fraction of sp³-hybridized carbons (Fsp3) is 0.409. The van der Waals surface area contributed by atoms with E-state index in [4.69, 9.17) is 0 Å². The molecule has 31 heavy (non-hydrogen) atoms. The minimum absolute atomic E-state index is 0.0280. The number of nitrogens with zero attached hydrogens (tertiary/aromatic N) is 2. The van der Waals surface area contributed by atoms with Gasteiger partial charge in [0.05, 0.1) is 21.1 Å². The van der Waals surface area contributed by atoms with Gasteiger partial charge in [0.25, 0.3) is 5.91 Å². The molecule has 2 heterocycles. The van der Waals surface area contributed by atoms with Gasteiger partial charge in [-0.3, -0.25) is 4.79 Å². The van der Waals surface area contributed by atoms with Crippen LogP contribution in [0.25, 0.3) is 0 Å². The van der Waals surface area contributed by atoms with Crippen LogP contribution in [0.1, 0.15) is 42.1 Å². The Morgan fingerprint density at radius 1 is 0.935 bits per heavy atom. The Bertz CT molecular complexity index is 1220. The Morgan fingerprint density at radius 2 is 1.65 bits per heavy atom. The van der Waals surface area contributed by atoms with Gasteiger partial charge in [0, 0.05) is 25.3 Å². The lowest BCUT2D eigenvalue weighted by Gasteiger charge is -2.26. The highest BCUT2D eigenvalue weighted by atomic mass is 32.2. The SMILES string of the molecule is CCS(=O)(=O)c1ccccc1C(=O)N1CCc2cc(S(=O)(=O)N3CCCCC3)ccc21. The third-order valence-corrected chi connectivity index (χ3v) is 9.66. The molecule has 0 spiro atoms. The van der Waals surface area contributed by atoms with Crippen LogP contribution in [0.4, 0.5) is 5.69 Å². The fourth-order valence-corrected chi connectivity index (χ4v) is 6.87. The third kappa shape index (κ3) is 4.02. The van der Waals surface area contributed by atoms with Crippen LogP contribution < -0.4 is 4.90 Å². The maximum atomic E-state index is 13.3. The minimum Gasteiger partial charge on any atom is -0.308 e. The van der Waals surface area contributed by atoms with Crippen LogP contribution in [0, 0.1) is 0 Å². The number of carbonyl (C=O) groups is 1. The van der Waals surface area contributed by atoms with Crippen molar-refractivity contribution in [2.75, 3.05) is 30.3 Å². The molecule has 1 saturated heterocycles. The molecule has 2 aliphatic heterocycles. The number of anilines is 1. The van der Waals surface area contributed by atoms with E-state index in [9.17, 15) is 21.6 Å².